The summed E-state index contributed by atoms with van der Waals surface area (Å²) >= 11 is 4.97. The summed E-state index contributed by atoms with van der Waals surface area (Å²) in [6, 6.07) is 5.40. The van der Waals surface area contributed by atoms with Crippen LogP contribution >= 0.6 is 12.2 Å². The Labute approximate surface area is 101 Å². The highest BCUT2D eigenvalue weighted by molar-refractivity contribution is 7.71. The maximum atomic E-state index is 5.52. The largest absolute Gasteiger partial charge is 0.370 e. The molecule has 0 radical (unpaired) electrons. The Kier molecular flexibility index (Phi) is 2.79. The van der Waals surface area contributed by atoms with Crippen LogP contribution in [0.25, 0.3) is 11.0 Å². The monoisotopic (exact) mass is 249 g/mol. The number of benzene rings is 1. The first kappa shape index (κ1) is 11.1. The van der Waals surface area contributed by atoms with Crippen LogP contribution in [0, 0.1) is 4.77 Å². The maximum Gasteiger partial charge on any atom is 0.223 e. The van der Waals surface area contributed by atoms with Crippen LogP contribution in [-0.2, 0) is 0 Å². The number of nitrogens with two attached hydrogens (primary N) is 3. The number of hydrogen-bond acceptors (Lipinski definition) is 2. The van der Waals surface area contributed by atoms with Gasteiger partial charge in [-0.1, -0.05) is 0 Å². The second kappa shape index (κ2) is 4.26. The van der Waals surface area contributed by atoms with Crippen molar-refractivity contribution < 1.29 is 0 Å². The third-order valence-electron chi connectivity index (χ3n) is 1.99. The molecule has 0 saturated carbocycles. The highest BCUT2D eigenvalue weighted by Crippen LogP contribution is 2.18. The van der Waals surface area contributed by atoms with E-state index in [4.69, 9.17) is 29.4 Å². The molecule has 2 aromatic rings. The Bertz CT molecular complexity index is 659. The van der Waals surface area contributed by atoms with Crippen LogP contribution in [0.4, 0.5) is 5.69 Å². The predicted molar refractivity (Wildman–Crippen MR) is 70.6 cm³/mol. The van der Waals surface area contributed by atoms with E-state index in [9.17, 15) is 0 Å². The maximum absolute atomic E-state index is 5.52. The highest BCUT2D eigenvalue weighted by Gasteiger charge is 1.98. The Morgan fingerprint density at radius 1 is 1.12 bits per heavy atom. The van der Waals surface area contributed by atoms with Gasteiger partial charge in [0.05, 0.1) is 16.7 Å². The summed E-state index contributed by atoms with van der Waals surface area (Å²) in [5, 5.41) is 0. The van der Waals surface area contributed by atoms with E-state index in [2.05, 4.69) is 20.0 Å². The number of aromatic amines is 2. The fourth-order valence-corrected chi connectivity index (χ4v) is 1.60. The molecule has 7 nitrogen and oxygen atoms in total. The van der Waals surface area contributed by atoms with Gasteiger partial charge in [-0.05, 0) is 30.4 Å². The zero-order valence-electron chi connectivity index (χ0n) is 8.77. The Hall–Kier alpha value is -2.35. The summed E-state index contributed by atoms with van der Waals surface area (Å²) < 4.78 is 0.554. The second-order valence-corrected chi connectivity index (χ2v) is 3.72. The fourth-order valence-electron chi connectivity index (χ4n) is 1.38. The van der Waals surface area contributed by atoms with Crippen LogP contribution in [0.2, 0.25) is 0 Å². The fraction of sp³-hybridized carbons (Fsp3) is 0. The summed E-state index contributed by atoms with van der Waals surface area (Å²) in [7, 11) is 0. The van der Waals surface area contributed by atoms with E-state index in [0.29, 0.717) is 10.5 Å². The third-order valence-corrected chi connectivity index (χ3v) is 2.19. The summed E-state index contributed by atoms with van der Waals surface area (Å²) in [4.78, 5) is 13.6. The van der Waals surface area contributed by atoms with Gasteiger partial charge in [0.2, 0.25) is 5.96 Å². The summed E-state index contributed by atoms with van der Waals surface area (Å²) in [6.45, 7) is 0. The number of nitrogens with zero attached hydrogens (tertiary/aromatic N) is 2. The normalized spacial score (nSPS) is 11.6. The van der Waals surface area contributed by atoms with Crippen molar-refractivity contribution in [2.75, 3.05) is 0 Å². The minimum Gasteiger partial charge on any atom is -0.370 e. The summed E-state index contributed by atoms with van der Waals surface area (Å²) in [6.07, 6.45) is 0. The molecular formula is C9H11N7S. The third kappa shape index (κ3) is 2.61. The lowest BCUT2D eigenvalue weighted by Crippen LogP contribution is -2.26. The van der Waals surface area contributed by atoms with Crippen molar-refractivity contribution in [3.63, 3.8) is 0 Å². The molecule has 0 fully saturated rings. The van der Waals surface area contributed by atoms with Crippen LogP contribution in [0.3, 0.4) is 0 Å². The zero-order chi connectivity index (χ0) is 12.4. The number of guanidine groups is 2. The number of H-pyrrole nitrogens is 2. The van der Waals surface area contributed by atoms with Crippen molar-refractivity contribution in [1.82, 2.24) is 9.97 Å². The first-order chi connectivity index (χ1) is 8.04. The molecule has 0 bridgehead atoms. The van der Waals surface area contributed by atoms with E-state index in [0.717, 1.165) is 11.0 Å². The molecule has 0 aliphatic rings. The minimum absolute atomic E-state index is 0.00140. The van der Waals surface area contributed by atoms with Gasteiger partial charge in [-0.3, -0.25) is 0 Å². The van der Waals surface area contributed by atoms with Crippen LogP contribution in [0.5, 0.6) is 0 Å². The summed E-state index contributed by atoms with van der Waals surface area (Å²) in [5.41, 5.74) is 18.3. The molecule has 0 aliphatic carbocycles. The van der Waals surface area contributed by atoms with Gasteiger partial charge in [0, 0.05) is 0 Å². The van der Waals surface area contributed by atoms with Crippen LogP contribution in [0.15, 0.2) is 28.2 Å². The number of fused-ring (bicyclic) bond motifs is 1. The van der Waals surface area contributed by atoms with Crippen LogP contribution < -0.4 is 17.2 Å². The molecule has 0 atom stereocenters. The van der Waals surface area contributed by atoms with Crippen molar-refractivity contribution in [2.24, 2.45) is 27.2 Å². The Morgan fingerprint density at radius 3 is 2.53 bits per heavy atom. The number of rotatable bonds is 1. The van der Waals surface area contributed by atoms with E-state index in [1.165, 1.54) is 0 Å². The van der Waals surface area contributed by atoms with Gasteiger partial charge in [-0.15, -0.1) is 0 Å². The van der Waals surface area contributed by atoms with Crippen molar-refractivity contribution in [1.29, 1.82) is 0 Å². The Morgan fingerprint density at radius 2 is 1.82 bits per heavy atom. The standard InChI is InChI=1S/C9H11N7S/c10-7(11)16-8(12)13-4-1-2-5-6(3-4)15-9(17)14-5/h1-3H,(H2,14,15,17)(H6,10,11,12,13,16). The molecule has 1 heterocycles. The zero-order valence-corrected chi connectivity index (χ0v) is 9.58. The summed E-state index contributed by atoms with van der Waals surface area (Å²) in [5.74, 6) is -0.133. The van der Waals surface area contributed by atoms with E-state index in [1.807, 2.05) is 6.07 Å². The minimum atomic E-state index is -0.131. The van der Waals surface area contributed by atoms with E-state index < -0.39 is 0 Å². The smallest absolute Gasteiger partial charge is 0.223 e. The van der Waals surface area contributed by atoms with Crippen molar-refractivity contribution in [3.05, 3.63) is 23.0 Å². The molecular weight excluding hydrogens is 238 g/mol. The SMILES string of the molecule is NC(N)=NC(N)=Nc1ccc2[nH]c(=S)[nH]c2c1. The van der Waals surface area contributed by atoms with E-state index >= 15 is 0 Å². The number of aromatic nitrogens is 2. The first-order valence-electron chi connectivity index (χ1n) is 4.70. The molecule has 1 aromatic heterocycles. The van der Waals surface area contributed by atoms with Crippen molar-refractivity contribution in [3.8, 4) is 0 Å². The molecule has 0 aliphatic heterocycles. The lowest BCUT2D eigenvalue weighted by Gasteiger charge is -1.96. The van der Waals surface area contributed by atoms with Gasteiger partial charge in [-0.2, -0.15) is 4.99 Å². The topological polar surface area (TPSA) is 134 Å². The highest BCUT2D eigenvalue weighted by atomic mass is 32.1. The van der Waals surface area contributed by atoms with Gasteiger partial charge in [-0.25, -0.2) is 4.99 Å². The molecule has 17 heavy (non-hydrogen) atoms. The van der Waals surface area contributed by atoms with Crippen molar-refractivity contribution >= 4 is 40.9 Å². The van der Waals surface area contributed by atoms with Crippen LogP contribution in [0.1, 0.15) is 0 Å². The quantitative estimate of drug-likeness (QED) is 0.285. The Balaban J connectivity index is 2.43. The lowest BCUT2D eigenvalue weighted by molar-refractivity contribution is 1.30. The average Bonchev–Trinajstić information content (AvgIpc) is 2.55. The van der Waals surface area contributed by atoms with E-state index in [1.54, 1.807) is 12.1 Å². The molecule has 0 amide bonds. The number of imidazole rings is 1. The average molecular weight is 249 g/mol. The molecule has 88 valence electrons. The van der Waals surface area contributed by atoms with Gasteiger partial charge in [0.15, 0.2) is 10.7 Å². The van der Waals surface area contributed by atoms with Crippen molar-refractivity contribution in [2.45, 2.75) is 0 Å². The molecule has 0 saturated heterocycles. The first-order valence-corrected chi connectivity index (χ1v) is 5.11. The van der Waals surface area contributed by atoms with E-state index in [-0.39, 0.29) is 11.9 Å². The number of aliphatic imine (C=N–C) groups is 2. The van der Waals surface area contributed by atoms with Crippen LogP contribution in [-0.4, -0.2) is 21.9 Å². The molecule has 0 unspecified atom stereocenters. The van der Waals surface area contributed by atoms with Gasteiger partial charge >= 0.3 is 0 Å². The van der Waals surface area contributed by atoms with Gasteiger partial charge in [0.1, 0.15) is 0 Å². The lowest BCUT2D eigenvalue weighted by atomic mass is 10.3. The predicted octanol–water partition coefficient (Wildman–Crippen LogP) is 0.445. The molecule has 8 heteroatoms. The molecule has 8 N–H and O–H groups in total. The second-order valence-electron chi connectivity index (χ2n) is 3.32. The van der Waals surface area contributed by atoms with Gasteiger partial charge in [0.25, 0.3) is 0 Å². The number of hydrogen-bond donors (Lipinski definition) is 5. The number of nitrogens with one attached hydrogen (secondary N) is 2. The molecule has 0 spiro atoms. The molecule has 2 rings (SSSR count). The molecule has 1 aromatic carbocycles. The van der Waals surface area contributed by atoms with Gasteiger partial charge < -0.3 is 27.2 Å².